The number of phenols is 2. The lowest BCUT2D eigenvalue weighted by atomic mass is 9.66. The second-order valence-electron chi connectivity index (χ2n) is 14.4. The van der Waals surface area contributed by atoms with Crippen LogP contribution in [-0.4, -0.2) is 68.8 Å². The van der Waals surface area contributed by atoms with Crippen molar-refractivity contribution in [1.82, 2.24) is 10.2 Å². The number of carbonyl (C=O) groups is 3. The number of aliphatic hydroxyl groups excluding tert-OH is 1. The van der Waals surface area contributed by atoms with E-state index < -0.39 is 35.5 Å². The minimum atomic E-state index is -1.48. The van der Waals surface area contributed by atoms with Gasteiger partial charge in [-0.3, -0.25) is 9.59 Å². The summed E-state index contributed by atoms with van der Waals surface area (Å²) in [4.78, 5) is 41.6. The minimum absolute atomic E-state index is 0.115. The third-order valence-electron chi connectivity index (χ3n) is 9.80. The highest BCUT2D eigenvalue weighted by molar-refractivity contribution is 5.92. The predicted molar refractivity (Wildman–Crippen MR) is 156 cm³/mol. The third-order valence-corrected chi connectivity index (χ3v) is 9.80. The van der Waals surface area contributed by atoms with Crippen LogP contribution in [0.4, 0.5) is 0 Å². The smallest absolute Gasteiger partial charge is 0.329 e. The van der Waals surface area contributed by atoms with Crippen molar-refractivity contribution in [2.24, 2.45) is 22.2 Å². The minimum Gasteiger partial charge on any atom is -0.504 e. The fourth-order valence-electron chi connectivity index (χ4n) is 6.25. The van der Waals surface area contributed by atoms with Crippen molar-refractivity contribution >= 4 is 17.8 Å². The summed E-state index contributed by atoms with van der Waals surface area (Å²) in [6, 6.07) is 2.34. The number of aromatic hydroxyl groups is 2. The SMILES string of the molecule is CC(CC1CCC(C)(C)C1(C)C)OC(=O)C1CCCN1C(=O)C(NC(=O)C(O)Cc1ccc(O)c(O)c1)C(C)(C)C. The van der Waals surface area contributed by atoms with Gasteiger partial charge in [-0.25, -0.2) is 4.79 Å². The van der Waals surface area contributed by atoms with Crippen molar-refractivity contribution in [1.29, 1.82) is 0 Å². The monoisotopic (exact) mass is 574 g/mol. The Hall–Kier alpha value is -2.81. The summed E-state index contributed by atoms with van der Waals surface area (Å²) in [6.45, 7) is 16.9. The lowest BCUT2D eigenvalue weighted by Crippen LogP contribution is -2.58. The predicted octanol–water partition coefficient (Wildman–Crippen LogP) is 4.31. The summed E-state index contributed by atoms with van der Waals surface area (Å²) >= 11 is 0. The molecule has 9 heteroatoms. The Bertz CT molecular complexity index is 1120. The molecule has 0 bridgehead atoms. The van der Waals surface area contributed by atoms with Crippen LogP contribution in [0.5, 0.6) is 11.5 Å². The summed E-state index contributed by atoms with van der Waals surface area (Å²) in [5.74, 6) is -1.74. The van der Waals surface area contributed by atoms with Gasteiger partial charge in [0.15, 0.2) is 11.5 Å². The highest BCUT2D eigenvalue weighted by Gasteiger charge is 2.49. The number of esters is 1. The Kier molecular flexibility index (Phi) is 9.73. The molecule has 0 aromatic heterocycles. The Labute approximate surface area is 244 Å². The molecule has 9 nitrogen and oxygen atoms in total. The molecule has 1 aromatic rings. The van der Waals surface area contributed by atoms with Crippen molar-refractivity contribution < 1.29 is 34.4 Å². The number of ether oxygens (including phenoxy) is 1. The lowest BCUT2D eigenvalue weighted by Gasteiger charge is -2.40. The maximum Gasteiger partial charge on any atom is 0.329 e. The van der Waals surface area contributed by atoms with Crippen molar-refractivity contribution in [3.63, 3.8) is 0 Å². The number of hydrogen-bond donors (Lipinski definition) is 4. The molecule has 3 rings (SSSR count). The maximum atomic E-state index is 13.8. The fourth-order valence-corrected chi connectivity index (χ4v) is 6.25. The first-order chi connectivity index (χ1) is 18.8. The molecule has 5 unspecified atom stereocenters. The quantitative estimate of drug-likeness (QED) is 0.255. The average Bonchev–Trinajstić information content (AvgIpc) is 3.42. The van der Waals surface area contributed by atoms with E-state index in [0.29, 0.717) is 30.9 Å². The van der Waals surface area contributed by atoms with Gasteiger partial charge in [0.1, 0.15) is 18.2 Å². The van der Waals surface area contributed by atoms with Crippen molar-refractivity contribution in [2.75, 3.05) is 6.54 Å². The normalized spacial score (nSPS) is 24.0. The number of aliphatic hydroxyl groups is 1. The van der Waals surface area contributed by atoms with Crippen LogP contribution >= 0.6 is 0 Å². The molecule has 0 spiro atoms. The number of hydrogen-bond acceptors (Lipinski definition) is 7. The van der Waals surface area contributed by atoms with E-state index in [-0.39, 0.29) is 40.8 Å². The summed E-state index contributed by atoms with van der Waals surface area (Å²) in [6.07, 6.45) is 2.30. The zero-order valence-electron chi connectivity index (χ0n) is 26.0. The number of benzene rings is 1. The number of phenolic OH excluding ortho intramolecular Hbond substituents is 2. The van der Waals surface area contributed by atoms with Crippen LogP contribution in [0.2, 0.25) is 0 Å². The Morgan fingerprint density at radius 1 is 1.10 bits per heavy atom. The van der Waals surface area contributed by atoms with Gasteiger partial charge in [0, 0.05) is 13.0 Å². The summed E-state index contributed by atoms with van der Waals surface area (Å²) < 4.78 is 5.91. The Morgan fingerprint density at radius 2 is 1.76 bits per heavy atom. The van der Waals surface area contributed by atoms with Gasteiger partial charge >= 0.3 is 5.97 Å². The number of nitrogens with zero attached hydrogens (tertiary/aromatic N) is 1. The highest BCUT2D eigenvalue weighted by atomic mass is 16.5. The molecule has 1 aliphatic heterocycles. The van der Waals surface area contributed by atoms with Crippen LogP contribution in [0.15, 0.2) is 18.2 Å². The zero-order chi connectivity index (χ0) is 30.9. The van der Waals surface area contributed by atoms with Crippen molar-refractivity contribution in [3.05, 3.63) is 23.8 Å². The van der Waals surface area contributed by atoms with Crippen LogP contribution in [-0.2, 0) is 25.5 Å². The van der Waals surface area contributed by atoms with E-state index in [1.165, 1.54) is 23.1 Å². The lowest BCUT2D eigenvalue weighted by molar-refractivity contribution is -0.159. The summed E-state index contributed by atoms with van der Waals surface area (Å²) in [7, 11) is 0. The standard InChI is InChI=1S/C32H50N2O7/c1-19(16-21-13-14-31(5,6)32(21,7)8)41-29(40)22-10-9-15-34(22)28(39)26(30(2,3)4)33-27(38)25(37)18-20-11-12-23(35)24(36)17-20/h11-12,17,19,21-22,25-26,35-37H,9-10,13-16,18H2,1-8H3,(H,33,38). The molecule has 1 saturated carbocycles. The van der Waals surface area contributed by atoms with E-state index in [1.807, 2.05) is 27.7 Å². The molecule has 1 aromatic carbocycles. The topological polar surface area (TPSA) is 136 Å². The number of carbonyl (C=O) groups excluding carboxylic acids is 3. The molecule has 5 atom stereocenters. The molecule has 230 valence electrons. The van der Waals surface area contributed by atoms with Gasteiger partial charge in [-0.2, -0.15) is 0 Å². The highest BCUT2D eigenvalue weighted by Crippen LogP contribution is 2.57. The van der Waals surface area contributed by atoms with Crippen molar-refractivity contribution in [2.45, 2.75) is 118 Å². The van der Waals surface area contributed by atoms with Gasteiger partial charge < -0.3 is 30.3 Å². The summed E-state index contributed by atoms with van der Waals surface area (Å²) in [5, 5.41) is 32.5. The first-order valence-electron chi connectivity index (χ1n) is 14.9. The maximum absolute atomic E-state index is 13.8. The van der Waals surface area contributed by atoms with Gasteiger partial charge in [0.05, 0.1) is 6.10 Å². The van der Waals surface area contributed by atoms with Gasteiger partial charge in [-0.15, -0.1) is 0 Å². The third kappa shape index (κ3) is 7.34. The second kappa shape index (κ2) is 12.2. The van der Waals surface area contributed by atoms with Gasteiger partial charge in [-0.05, 0) is 78.9 Å². The van der Waals surface area contributed by atoms with Crippen LogP contribution in [0, 0.1) is 22.2 Å². The number of rotatable bonds is 9. The largest absolute Gasteiger partial charge is 0.504 e. The molecule has 4 N–H and O–H groups in total. The summed E-state index contributed by atoms with van der Waals surface area (Å²) in [5.41, 5.74) is 0.104. The van der Waals surface area contributed by atoms with Gasteiger partial charge in [0.2, 0.25) is 11.8 Å². The van der Waals surface area contributed by atoms with Crippen LogP contribution in [0.25, 0.3) is 0 Å². The van der Waals surface area contributed by atoms with E-state index in [4.69, 9.17) is 4.74 Å². The number of likely N-dealkylation sites (tertiary alicyclic amines) is 1. The van der Waals surface area contributed by atoms with Gasteiger partial charge in [0.25, 0.3) is 0 Å². The molecule has 1 saturated heterocycles. The van der Waals surface area contributed by atoms with E-state index in [0.717, 1.165) is 19.3 Å². The van der Waals surface area contributed by atoms with E-state index in [2.05, 4.69) is 33.0 Å². The zero-order valence-corrected chi connectivity index (χ0v) is 26.0. The number of amides is 2. The van der Waals surface area contributed by atoms with Crippen LogP contribution in [0.1, 0.15) is 93.1 Å². The molecule has 2 fully saturated rings. The van der Waals surface area contributed by atoms with E-state index in [9.17, 15) is 29.7 Å². The van der Waals surface area contributed by atoms with Crippen LogP contribution in [0.3, 0.4) is 0 Å². The first-order valence-corrected chi connectivity index (χ1v) is 14.9. The Balaban J connectivity index is 1.65. The molecular weight excluding hydrogens is 524 g/mol. The number of nitrogens with one attached hydrogen (secondary N) is 1. The van der Waals surface area contributed by atoms with E-state index >= 15 is 0 Å². The average molecular weight is 575 g/mol. The molecule has 2 amide bonds. The molecule has 0 radical (unpaired) electrons. The fraction of sp³-hybridized carbons (Fsp3) is 0.719. The van der Waals surface area contributed by atoms with E-state index in [1.54, 1.807) is 0 Å². The second-order valence-corrected chi connectivity index (χ2v) is 14.4. The molecule has 2 aliphatic rings. The van der Waals surface area contributed by atoms with Crippen molar-refractivity contribution in [3.8, 4) is 11.5 Å². The van der Waals surface area contributed by atoms with Gasteiger partial charge in [-0.1, -0.05) is 54.5 Å². The van der Waals surface area contributed by atoms with Crippen LogP contribution < -0.4 is 5.32 Å². The molecular formula is C32H50N2O7. The Morgan fingerprint density at radius 3 is 2.32 bits per heavy atom. The first kappa shape index (κ1) is 32.7. The molecule has 1 heterocycles. The molecule has 1 aliphatic carbocycles. The molecule has 41 heavy (non-hydrogen) atoms.